The molecule has 0 amide bonds. The van der Waals surface area contributed by atoms with Crippen LogP contribution in [-0.2, 0) is 6.54 Å². The summed E-state index contributed by atoms with van der Waals surface area (Å²) in [6.45, 7) is 7.58. The van der Waals surface area contributed by atoms with E-state index in [2.05, 4.69) is 16.7 Å². The summed E-state index contributed by atoms with van der Waals surface area (Å²) in [5.74, 6) is 1.13. The van der Waals surface area contributed by atoms with Gasteiger partial charge in [0, 0.05) is 18.7 Å². The Morgan fingerprint density at radius 1 is 1.45 bits per heavy atom. The molecule has 20 heavy (non-hydrogen) atoms. The molecule has 1 aromatic heterocycles. The Balaban J connectivity index is 2.10. The zero-order chi connectivity index (χ0) is 14.4. The first-order chi connectivity index (χ1) is 9.72. The Bertz CT molecular complexity index is 566. The van der Waals surface area contributed by atoms with Gasteiger partial charge in [0.25, 0.3) is 5.89 Å². The second kappa shape index (κ2) is 6.98. The minimum absolute atomic E-state index is 0.0937. The monoisotopic (exact) mass is 273 g/mol. The number of hydrogen-bond donors (Lipinski definition) is 1. The van der Waals surface area contributed by atoms with E-state index in [0.29, 0.717) is 31.3 Å². The molecular formula is C15H19N3O2. The molecule has 0 radical (unpaired) electrons. The van der Waals surface area contributed by atoms with Crippen molar-refractivity contribution in [3.63, 3.8) is 0 Å². The number of aliphatic hydroxyl groups is 1. The van der Waals surface area contributed by atoms with Crippen LogP contribution < -0.4 is 0 Å². The van der Waals surface area contributed by atoms with Crippen molar-refractivity contribution >= 4 is 0 Å². The second-order valence-corrected chi connectivity index (χ2v) is 4.63. The maximum atomic E-state index is 9.01. The number of rotatable bonds is 7. The van der Waals surface area contributed by atoms with Crippen molar-refractivity contribution in [2.45, 2.75) is 13.5 Å². The predicted octanol–water partition coefficient (Wildman–Crippen LogP) is 2.03. The lowest BCUT2D eigenvalue weighted by Gasteiger charge is -2.16. The van der Waals surface area contributed by atoms with Crippen LogP contribution in [0.4, 0.5) is 0 Å². The lowest BCUT2D eigenvalue weighted by molar-refractivity contribution is 0.199. The summed E-state index contributed by atoms with van der Waals surface area (Å²) < 4.78 is 5.29. The van der Waals surface area contributed by atoms with Gasteiger partial charge >= 0.3 is 0 Å². The molecule has 0 saturated carbocycles. The molecule has 0 spiro atoms. The number of nitrogens with zero attached hydrogens (tertiary/aromatic N) is 3. The molecule has 5 nitrogen and oxygen atoms in total. The molecule has 0 aliphatic rings. The molecule has 106 valence electrons. The molecule has 2 aromatic rings. The Kier molecular flexibility index (Phi) is 5.03. The first-order valence-corrected chi connectivity index (χ1v) is 6.56. The van der Waals surface area contributed by atoms with Gasteiger partial charge < -0.3 is 9.63 Å². The van der Waals surface area contributed by atoms with Crippen molar-refractivity contribution in [1.29, 1.82) is 0 Å². The largest absolute Gasteiger partial charge is 0.395 e. The minimum Gasteiger partial charge on any atom is -0.395 e. The van der Waals surface area contributed by atoms with Crippen molar-refractivity contribution < 1.29 is 9.63 Å². The van der Waals surface area contributed by atoms with Gasteiger partial charge in [-0.3, -0.25) is 4.90 Å². The normalized spacial score (nSPS) is 10.9. The van der Waals surface area contributed by atoms with Crippen molar-refractivity contribution in [3.05, 3.63) is 48.3 Å². The van der Waals surface area contributed by atoms with Crippen LogP contribution in [0.1, 0.15) is 11.4 Å². The smallest absolute Gasteiger partial charge is 0.257 e. The standard InChI is InChI=1S/C15H19N3O2/c1-3-7-18(8-9-19)11-14-16-15(20-17-14)13-6-4-5-12(2)10-13/h3-6,10,19H,1,7-9,11H2,2H3. The molecule has 1 aromatic carbocycles. The highest BCUT2D eigenvalue weighted by Crippen LogP contribution is 2.18. The summed E-state index contributed by atoms with van der Waals surface area (Å²) in [5.41, 5.74) is 2.07. The molecule has 0 atom stereocenters. The highest BCUT2D eigenvalue weighted by molar-refractivity contribution is 5.53. The van der Waals surface area contributed by atoms with E-state index in [4.69, 9.17) is 9.63 Å². The van der Waals surface area contributed by atoms with E-state index < -0.39 is 0 Å². The van der Waals surface area contributed by atoms with Gasteiger partial charge in [0.05, 0.1) is 13.2 Å². The van der Waals surface area contributed by atoms with Crippen LogP contribution in [0.3, 0.4) is 0 Å². The molecule has 0 bridgehead atoms. The average molecular weight is 273 g/mol. The molecule has 2 rings (SSSR count). The fourth-order valence-electron chi connectivity index (χ4n) is 1.97. The van der Waals surface area contributed by atoms with E-state index in [1.807, 2.05) is 36.1 Å². The van der Waals surface area contributed by atoms with Crippen LogP contribution in [0.15, 0.2) is 41.4 Å². The van der Waals surface area contributed by atoms with Crippen molar-refractivity contribution in [3.8, 4) is 11.5 Å². The van der Waals surface area contributed by atoms with Crippen LogP contribution >= 0.6 is 0 Å². The maximum Gasteiger partial charge on any atom is 0.257 e. The van der Waals surface area contributed by atoms with Gasteiger partial charge in [0.15, 0.2) is 5.82 Å². The average Bonchev–Trinajstić information content (AvgIpc) is 2.88. The van der Waals surface area contributed by atoms with Crippen LogP contribution in [-0.4, -0.2) is 39.8 Å². The molecular weight excluding hydrogens is 254 g/mol. The summed E-state index contributed by atoms with van der Waals surface area (Å²) in [6.07, 6.45) is 1.79. The molecule has 0 aliphatic heterocycles. The fraction of sp³-hybridized carbons (Fsp3) is 0.333. The summed E-state index contributed by atoms with van der Waals surface area (Å²) in [7, 11) is 0. The number of hydrogen-bond acceptors (Lipinski definition) is 5. The van der Waals surface area contributed by atoms with E-state index in [1.54, 1.807) is 6.08 Å². The number of aromatic nitrogens is 2. The van der Waals surface area contributed by atoms with E-state index in [0.717, 1.165) is 11.1 Å². The minimum atomic E-state index is 0.0937. The number of aryl methyl sites for hydroxylation is 1. The summed E-state index contributed by atoms with van der Waals surface area (Å²) in [5, 5.41) is 13.0. The highest BCUT2D eigenvalue weighted by atomic mass is 16.5. The van der Waals surface area contributed by atoms with E-state index in [1.165, 1.54) is 0 Å². The molecule has 1 heterocycles. The lowest BCUT2D eigenvalue weighted by atomic mass is 10.1. The topological polar surface area (TPSA) is 62.4 Å². The first kappa shape index (κ1) is 14.4. The van der Waals surface area contributed by atoms with Gasteiger partial charge in [-0.05, 0) is 19.1 Å². The zero-order valence-corrected chi connectivity index (χ0v) is 11.6. The fourth-order valence-corrected chi connectivity index (χ4v) is 1.97. The Hall–Kier alpha value is -1.98. The molecule has 0 aliphatic carbocycles. The number of benzene rings is 1. The summed E-state index contributed by atoms with van der Waals surface area (Å²) >= 11 is 0. The van der Waals surface area contributed by atoms with Crippen LogP contribution in [0.2, 0.25) is 0 Å². The maximum absolute atomic E-state index is 9.01. The molecule has 1 N–H and O–H groups in total. The Labute approximate surface area is 118 Å². The Morgan fingerprint density at radius 3 is 3.00 bits per heavy atom. The van der Waals surface area contributed by atoms with Gasteiger partial charge in [-0.25, -0.2) is 0 Å². The van der Waals surface area contributed by atoms with Gasteiger partial charge in [0.1, 0.15) is 0 Å². The quantitative estimate of drug-likeness (QED) is 0.782. The molecule has 0 fully saturated rings. The van der Waals surface area contributed by atoms with Gasteiger partial charge in [-0.15, -0.1) is 6.58 Å². The Morgan fingerprint density at radius 2 is 2.30 bits per heavy atom. The summed E-state index contributed by atoms with van der Waals surface area (Å²) in [4.78, 5) is 6.39. The third kappa shape index (κ3) is 3.76. The lowest BCUT2D eigenvalue weighted by Crippen LogP contribution is -2.27. The second-order valence-electron chi connectivity index (χ2n) is 4.63. The van der Waals surface area contributed by atoms with Crippen LogP contribution in [0.25, 0.3) is 11.5 Å². The van der Waals surface area contributed by atoms with E-state index in [9.17, 15) is 0 Å². The SMILES string of the molecule is C=CCN(CCO)Cc1noc(-c2cccc(C)c2)n1. The highest BCUT2D eigenvalue weighted by Gasteiger charge is 2.12. The molecule has 0 saturated heterocycles. The van der Waals surface area contributed by atoms with Gasteiger partial charge in [-0.1, -0.05) is 28.9 Å². The van der Waals surface area contributed by atoms with E-state index in [-0.39, 0.29) is 6.61 Å². The molecule has 5 heteroatoms. The van der Waals surface area contributed by atoms with Crippen LogP contribution in [0, 0.1) is 6.92 Å². The van der Waals surface area contributed by atoms with Crippen molar-refractivity contribution in [2.75, 3.05) is 19.7 Å². The third-order valence-electron chi connectivity index (χ3n) is 2.90. The third-order valence-corrected chi connectivity index (χ3v) is 2.90. The first-order valence-electron chi connectivity index (χ1n) is 6.56. The number of aliphatic hydroxyl groups excluding tert-OH is 1. The summed E-state index contributed by atoms with van der Waals surface area (Å²) in [6, 6.07) is 7.93. The van der Waals surface area contributed by atoms with E-state index >= 15 is 0 Å². The zero-order valence-electron chi connectivity index (χ0n) is 11.6. The van der Waals surface area contributed by atoms with Gasteiger partial charge in [-0.2, -0.15) is 4.98 Å². The van der Waals surface area contributed by atoms with Crippen molar-refractivity contribution in [1.82, 2.24) is 15.0 Å². The predicted molar refractivity (Wildman–Crippen MR) is 77.0 cm³/mol. The van der Waals surface area contributed by atoms with Crippen LogP contribution in [0.5, 0.6) is 0 Å². The molecule has 0 unspecified atom stereocenters. The van der Waals surface area contributed by atoms with Gasteiger partial charge in [0.2, 0.25) is 0 Å². The van der Waals surface area contributed by atoms with Crippen molar-refractivity contribution in [2.24, 2.45) is 0 Å².